The molecule has 0 heterocycles. The van der Waals surface area contributed by atoms with Crippen molar-refractivity contribution < 1.29 is 13.2 Å². The van der Waals surface area contributed by atoms with Crippen LogP contribution in [0.25, 0.3) is 0 Å². The topological polar surface area (TPSA) is 102 Å². The second-order valence-corrected chi connectivity index (χ2v) is 2.93. The fourth-order valence-corrected chi connectivity index (χ4v) is 1.08. The van der Waals surface area contributed by atoms with Gasteiger partial charge in [-0.05, 0) is 18.2 Å². The van der Waals surface area contributed by atoms with E-state index in [2.05, 4.69) is 5.10 Å². The lowest BCUT2D eigenvalue weighted by Crippen LogP contribution is -2.24. The fraction of sp³-hybridized carbons (Fsp3) is 0.125. The number of hydrazone groups is 1. The summed E-state index contributed by atoms with van der Waals surface area (Å²) >= 11 is 0. The number of alkyl halides is 3. The maximum atomic E-state index is 12.4. The third kappa shape index (κ3) is 2.54. The van der Waals surface area contributed by atoms with Crippen molar-refractivity contribution in [3.8, 4) is 0 Å². The number of nitrogens with two attached hydrogens (primary N) is 3. The van der Waals surface area contributed by atoms with Gasteiger partial charge in [0, 0.05) is 11.3 Å². The van der Waals surface area contributed by atoms with Crippen molar-refractivity contribution in [2.24, 2.45) is 16.7 Å². The van der Waals surface area contributed by atoms with Gasteiger partial charge in [-0.25, -0.2) is 11.4 Å². The van der Waals surface area contributed by atoms with E-state index >= 15 is 0 Å². The van der Waals surface area contributed by atoms with E-state index in [1.54, 1.807) is 0 Å². The maximum Gasteiger partial charge on any atom is 0.416 e. The van der Waals surface area contributed by atoms with Crippen LogP contribution < -0.4 is 22.8 Å². The summed E-state index contributed by atoms with van der Waals surface area (Å²) in [6.45, 7) is 0. The van der Waals surface area contributed by atoms with E-state index in [1.807, 2.05) is 5.53 Å². The highest BCUT2D eigenvalue weighted by Gasteiger charge is 2.31. The van der Waals surface area contributed by atoms with Gasteiger partial charge in [0.1, 0.15) is 0 Å². The number of nitrogens with one attached hydrogen (secondary N) is 1. The van der Waals surface area contributed by atoms with Crippen molar-refractivity contribution in [3.63, 3.8) is 0 Å². The molecule has 88 valence electrons. The molecule has 5 nitrogen and oxygen atoms in total. The number of rotatable bonds is 2. The lowest BCUT2D eigenvalue weighted by atomic mass is 10.1. The minimum atomic E-state index is -4.46. The van der Waals surface area contributed by atoms with Crippen molar-refractivity contribution in [1.82, 2.24) is 5.53 Å². The van der Waals surface area contributed by atoms with Gasteiger partial charge >= 0.3 is 6.18 Å². The van der Waals surface area contributed by atoms with Crippen LogP contribution in [0.1, 0.15) is 11.1 Å². The maximum absolute atomic E-state index is 12.4. The zero-order valence-electron chi connectivity index (χ0n) is 8.05. The zero-order chi connectivity index (χ0) is 12.3. The molecule has 0 unspecified atom stereocenters. The fourth-order valence-electron chi connectivity index (χ4n) is 1.08. The lowest BCUT2D eigenvalue weighted by molar-refractivity contribution is -0.137. The predicted molar refractivity (Wildman–Crippen MR) is 53.9 cm³/mol. The van der Waals surface area contributed by atoms with E-state index in [0.29, 0.717) is 0 Å². The van der Waals surface area contributed by atoms with Crippen molar-refractivity contribution in [2.75, 3.05) is 5.73 Å². The Bertz CT molecular complexity index is 413. The van der Waals surface area contributed by atoms with Crippen LogP contribution in [-0.2, 0) is 6.18 Å². The highest BCUT2D eigenvalue weighted by Crippen LogP contribution is 2.31. The molecule has 0 fully saturated rings. The molecule has 0 saturated heterocycles. The first-order chi connectivity index (χ1) is 7.36. The first-order valence-electron chi connectivity index (χ1n) is 4.12. The summed E-state index contributed by atoms with van der Waals surface area (Å²) in [6.07, 6.45) is -4.46. The van der Waals surface area contributed by atoms with E-state index in [9.17, 15) is 13.2 Å². The Hall–Kier alpha value is -1.96. The summed E-state index contributed by atoms with van der Waals surface area (Å²) in [7, 11) is 0. The Balaban J connectivity index is 3.24. The molecule has 1 aromatic carbocycles. The summed E-state index contributed by atoms with van der Waals surface area (Å²) < 4.78 is 37.2. The number of amidine groups is 1. The number of hydrazine groups is 1. The van der Waals surface area contributed by atoms with Gasteiger partial charge in [0.2, 0.25) is 0 Å². The first kappa shape index (κ1) is 12.1. The predicted octanol–water partition coefficient (Wildman–Crippen LogP) is 0.371. The molecule has 1 rings (SSSR count). The van der Waals surface area contributed by atoms with Crippen LogP contribution in [0.2, 0.25) is 0 Å². The molecule has 0 saturated carbocycles. The summed E-state index contributed by atoms with van der Waals surface area (Å²) in [5.41, 5.74) is 11.9. The van der Waals surface area contributed by atoms with Crippen LogP contribution in [0.15, 0.2) is 23.3 Å². The summed E-state index contributed by atoms with van der Waals surface area (Å²) in [4.78, 5) is 0. The van der Waals surface area contributed by atoms with E-state index in [0.717, 1.165) is 18.2 Å². The normalized spacial score (nSPS) is 12.6. The Morgan fingerprint density at radius 2 is 1.94 bits per heavy atom. The average Bonchev–Trinajstić information content (AvgIpc) is 2.16. The SMILES string of the molecule is NN/N=C(\N)c1cc(C(F)(F)F)ccc1N. The van der Waals surface area contributed by atoms with E-state index in [4.69, 9.17) is 17.3 Å². The van der Waals surface area contributed by atoms with E-state index in [1.165, 1.54) is 0 Å². The molecule has 0 radical (unpaired) electrons. The molecule has 0 aliphatic carbocycles. The number of anilines is 1. The van der Waals surface area contributed by atoms with Crippen molar-refractivity contribution >= 4 is 11.5 Å². The minimum absolute atomic E-state index is 0.0206. The highest BCUT2D eigenvalue weighted by molar-refractivity contribution is 6.02. The Labute approximate surface area is 89.1 Å². The molecule has 1 aromatic rings. The molecule has 0 aromatic heterocycles. The number of hydrogen-bond donors (Lipinski definition) is 4. The third-order valence-electron chi connectivity index (χ3n) is 1.84. The molecular formula is C8H10F3N5. The average molecular weight is 233 g/mol. The molecule has 0 aliphatic heterocycles. The zero-order valence-corrected chi connectivity index (χ0v) is 8.05. The van der Waals surface area contributed by atoms with Gasteiger partial charge in [-0.1, -0.05) is 0 Å². The third-order valence-corrected chi connectivity index (χ3v) is 1.84. The second kappa shape index (κ2) is 4.27. The minimum Gasteiger partial charge on any atom is -0.398 e. The molecule has 0 aliphatic rings. The van der Waals surface area contributed by atoms with E-state index < -0.39 is 11.7 Å². The highest BCUT2D eigenvalue weighted by atomic mass is 19.4. The van der Waals surface area contributed by atoms with Crippen LogP contribution in [0.3, 0.4) is 0 Å². The standard InChI is InChI=1S/C8H10F3N5/c9-8(10,11)4-1-2-6(12)5(3-4)7(13)15-16-14/h1-3,16H,12,14H2,(H2,13,15). The van der Waals surface area contributed by atoms with Gasteiger partial charge in [-0.2, -0.15) is 13.2 Å². The smallest absolute Gasteiger partial charge is 0.398 e. The summed E-state index contributed by atoms with van der Waals surface area (Å²) in [5.74, 6) is 4.64. The number of hydrogen-bond acceptors (Lipinski definition) is 4. The number of benzene rings is 1. The van der Waals surface area contributed by atoms with Crippen molar-refractivity contribution in [1.29, 1.82) is 0 Å². The van der Waals surface area contributed by atoms with Gasteiger partial charge in [-0.15, -0.1) is 5.10 Å². The van der Waals surface area contributed by atoms with Crippen LogP contribution in [-0.4, -0.2) is 5.84 Å². The lowest BCUT2D eigenvalue weighted by Gasteiger charge is -2.10. The van der Waals surface area contributed by atoms with Crippen LogP contribution in [0.4, 0.5) is 18.9 Å². The van der Waals surface area contributed by atoms with Gasteiger partial charge in [0.25, 0.3) is 0 Å². The van der Waals surface area contributed by atoms with Gasteiger partial charge < -0.3 is 11.5 Å². The number of nitrogen functional groups attached to an aromatic ring is 1. The second-order valence-electron chi connectivity index (χ2n) is 2.93. The Morgan fingerprint density at radius 3 is 2.44 bits per heavy atom. The van der Waals surface area contributed by atoms with Crippen LogP contribution >= 0.6 is 0 Å². The Morgan fingerprint density at radius 1 is 1.31 bits per heavy atom. The van der Waals surface area contributed by atoms with Gasteiger partial charge in [-0.3, -0.25) is 0 Å². The largest absolute Gasteiger partial charge is 0.416 e. The molecule has 7 N–H and O–H groups in total. The molecule has 16 heavy (non-hydrogen) atoms. The summed E-state index contributed by atoms with van der Waals surface area (Å²) in [6, 6.07) is 2.78. The quantitative estimate of drug-likeness (QED) is 0.195. The number of nitrogens with zero attached hydrogens (tertiary/aromatic N) is 1. The molecule has 0 bridgehead atoms. The van der Waals surface area contributed by atoms with E-state index in [-0.39, 0.29) is 17.1 Å². The van der Waals surface area contributed by atoms with Crippen molar-refractivity contribution in [2.45, 2.75) is 6.18 Å². The van der Waals surface area contributed by atoms with Crippen molar-refractivity contribution in [3.05, 3.63) is 29.3 Å². The molecule has 0 atom stereocenters. The number of halogens is 3. The van der Waals surface area contributed by atoms with Crippen LogP contribution in [0.5, 0.6) is 0 Å². The van der Waals surface area contributed by atoms with Crippen LogP contribution in [0, 0.1) is 0 Å². The first-order valence-corrected chi connectivity index (χ1v) is 4.12. The van der Waals surface area contributed by atoms with Gasteiger partial charge in [0.05, 0.1) is 5.56 Å². The monoisotopic (exact) mass is 233 g/mol. The molecular weight excluding hydrogens is 223 g/mol. The Kier molecular flexibility index (Phi) is 3.23. The summed E-state index contributed by atoms with van der Waals surface area (Å²) in [5, 5.41) is 3.35. The molecule has 8 heteroatoms. The van der Waals surface area contributed by atoms with Gasteiger partial charge in [0.15, 0.2) is 5.84 Å². The molecule has 0 amide bonds. The molecule has 0 spiro atoms.